The third-order valence-electron chi connectivity index (χ3n) is 6.24. The number of rotatable bonds is 26. The molecule has 0 heterocycles. The number of nitrogens with one attached hydrogen (secondary N) is 2. The Labute approximate surface area is 284 Å². The van der Waals surface area contributed by atoms with Crippen molar-refractivity contribution in [2.45, 2.75) is 43.9 Å². The minimum atomic E-state index is -2.69. The Morgan fingerprint density at radius 1 is 0.625 bits per heavy atom. The van der Waals surface area contributed by atoms with Gasteiger partial charge in [-0.25, -0.2) is 19.2 Å². The Balaban J connectivity index is 0. The molecule has 0 rings (SSSR count). The zero-order valence-electron chi connectivity index (χ0n) is 28.8. The number of allylic oxidation sites excluding steroid dienone is 1. The molecule has 276 valence electrons. The van der Waals surface area contributed by atoms with Crippen molar-refractivity contribution in [2.24, 2.45) is 0 Å². The van der Waals surface area contributed by atoms with E-state index in [0.29, 0.717) is 38.0 Å². The van der Waals surface area contributed by atoms with Crippen LogP contribution in [0.1, 0.15) is 25.7 Å². The van der Waals surface area contributed by atoms with Crippen molar-refractivity contribution in [3.63, 3.8) is 0 Å². The number of amides is 2. The highest BCUT2D eigenvalue weighted by molar-refractivity contribution is 6.60. The van der Waals surface area contributed by atoms with Gasteiger partial charge in [-0.1, -0.05) is 19.7 Å². The molecule has 19 heteroatoms. The van der Waals surface area contributed by atoms with E-state index in [9.17, 15) is 24.0 Å². The predicted octanol–water partition coefficient (Wildman–Crippen LogP) is 2.32. The van der Waals surface area contributed by atoms with Crippen molar-refractivity contribution in [1.29, 1.82) is 0 Å². The second-order valence-electron chi connectivity index (χ2n) is 9.23. The monoisotopic (exact) mass is 724 g/mol. The second-order valence-corrected chi connectivity index (χ2v) is 15.4. The van der Waals surface area contributed by atoms with Crippen molar-refractivity contribution < 1.29 is 69.5 Å². The summed E-state index contributed by atoms with van der Waals surface area (Å²) in [7, 11) is 3.86. The van der Waals surface area contributed by atoms with Crippen LogP contribution in [-0.2, 0) is 59.9 Å². The molecule has 0 bridgehead atoms. The molecule has 0 fully saturated rings. The van der Waals surface area contributed by atoms with Crippen LogP contribution in [0.3, 0.4) is 0 Å². The summed E-state index contributed by atoms with van der Waals surface area (Å²) in [5.41, 5.74) is 0. The van der Waals surface area contributed by atoms with E-state index in [1.807, 2.05) is 0 Å². The van der Waals surface area contributed by atoms with Crippen LogP contribution in [0.15, 0.2) is 38.0 Å². The maximum absolute atomic E-state index is 11.9. The number of hydrogen-bond donors (Lipinski definition) is 2. The maximum atomic E-state index is 11.9. The van der Waals surface area contributed by atoms with Crippen molar-refractivity contribution in [3.05, 3.63) is 38.0 Å². The van der Waals surface area contributed by atoms with Crippen LogP contribution in [0.25, 0.3) is 0 Å². The number of alkyl carbamates (subject to hydrolysis) is 2. The molecule has 0 saturated heterocycles. The lowest BCUT2D eigenvalue weighted by molar-refractivity contribution is -0.141. The van der Waals surface area contributed by atoms with E-state index in [1.165, 1.54) is 48.7 Å². The molecule has 2 N–H and O–H groups in total. The molecule has 0 spiro atoms. The number of carbonyl (C=O) groups is 5. The predicted molar refractivity (Wildman–Crippen MR) is 177 cm³/mol. The third kappa shape index (κ3) is 22.2. The first kappa shape index (κ1) is 46.7. The number of esters is 2. The van der Waals surface area contributed by atoms with Gasteiger partial charge in [0.15, 0.2) is 5.78 Å². The van der Waals surface area contributed by atoms with Crippen LogP contribution in [0.4, 0.5) is 9.59 Å². The highest BCUT2D eigenvalue weighted by Crippen LogP contribution is 2.15. The van der Waals surface area contributed by atoms with Crippen LogP contribution >= 0.6 is 0 Å². The molecule has 1 unspecified atom stereocenters. The highest BCUT2D eigenvalue weighted by Gasteiger charge is 2.37. The summed E-state index contributed by atoms with van der Waals surface area (Å²) in [5.74, 6) is -1.39. The molecule has 0 aliphatic rings. The Morgan fingerprint density at radius 2 is 1.06 bits per heavy atom. The summed E-state index contributed by atoms with van der Waals surface area (Å²) in [4.78, 5) is 56.5. The lowest BCUT2D eigenvalue weighted by Gasteiger charge is -2.24. The molecular weight excluding hydrogens is 672 g/mol. The lowest BCUT2D eigenvalue weighted by Crippen LogP contribution is -2.43. The fourth-order valence-electron chi connectivity index (χ4n) is 3.50. The first-order valence-corrected chi connectivity index (χ1v) is 18.7. The van der Waals surface area contributed by atoms with Gasteiger partial charge in [-0.15, -0.1) is 0 Å². The van der Waals surface area contributed by atoms with Gasteiger partial charge in [0.05, 0.1) is 0 Å². The van der Waals surface area contributed by atoms with Gasteiger partial charge in [0, 0.05) is 86.4 Å². The van der Waals surface area contributed by atoms with E-state index < -0.39 is 47.8 Å². The fraction of sp³-hybridized carbons (Fsp3) is 0.621. The van der Waals surface area contributed by atoms with Crippen LogP contribution in [0.5, 0.6) is 0 Å². The minimum absolute atomic E-state index is 0.00861. The molecule has 0 radical (unpaired) electrons. The SMILES string of the molecule is C=CC(=O)CCC(COC(=O)C=C)OC(=O)NCCC[Si](OC)(OC)OC.C=CC(=O)OCCOC(=O)NCCC[Si](OC)(OC)OC. The van der Waals surface area contributed by atoms with E-state index >= 15 is 0 Å². The molecule has 2 amide bonds. The molecule has 0 saturated carbocycles. The van der Waals surface area contributed by atoms with E-state index in [1.54, 1.807) is 0 Å². The van der Waals surface area contributed by atoms with Crippen LogP contribution in [0, 0.1) is 0 Å². The summed E-state index contributed by atoms with van der Waals surface area (Å²) in [6.07, 6.45) is 2.72. The van der Waals surface area contributed by atoms with Crippen molar-refractivity contribution in [3.8, 4) is 0 Å². The molecule has 0 aliphatic carbocycles. The summed E-state index contributed by atoms with van der Waals surface area (Å²) in [5, 5.41) is 5.15. The summed E-state index contributed by atoms with van der Waals surface area (Å²) >= 11 is 0. The van der Waals surface area contributed by atoms with Crippen molar-refractivity contribution >= 4 is 47.5 Å². The smallest absolute Gasteiger partial charge is 0.459 e. The van der Waals surface area contributed by atoms with Gasteiger partial charge in [0.1, 0.15) is 25.9 Å². The molecule has 17 nitrogen and oxygen atoms in total. The summed E-state index contributed by atoms with van der Waals surface area (Å²) in [6.45, 7) is 10.4. The first-order chi connectivity index (χ1) is 22.9. The average Bonchev–Trinajstić information content (AvgIpc) is 3.11. The summed E-state index contributed by atoms with van der Waals surface area (Å²) < 4.78 is 51.2. The van der Waals surface area contributed by atoms with Crippen LogP contribution in [0.2, 0.25) is 12.1 Å². The Bertz CT molecular complexity index is 951. The maximum Gasteiger partial charge on any atom is 0.500 e. The number of carbonyl (C=O) groups excluding carboxylic acids is 5. The van der Waals surface area contributed by atoms with Crippen molar-refractivity contribution in [2.75, 3.05) is 75.6 Å². The average molecular weight is 725 g/mol. The van der Waals surface area contributed by atoms with Crippen LogP contribution < -0.4 is 10.6 Å². The van der Waals surface area contributed by atoms with Gasteiger partial charge in [-0.05, 0) is 25.3 Å². The Kier molecular flexibility index (Phi) is 27.8. The largest absolute Gasteiger partial charge is 0.500 e. The van der Waals surface area contributed by atoms with Crippen LogP contribution in [-0.4, -0.2) is 129 Å². The fourth-order valence-corrected chi connectivity index (χ4v) is 6.94. The zero-order chi connectivity index (χ0) is 36.8. The molecule has 48 heavy (non-hydrogen) atoms. The number of ether oxygens (including phenoxy) is 4. The minimum Gasteiger partial charge on any atom is -0.459 e. The van der Waals surface area contributed by atoms with E-state index in [0.717, 1.165) is 12.2 Å². The molecule has 0 aromatic heterocycles. The number of hydrogen-bond acceptors (Lipinski definition) is 15. The Morgan fingerprint density at radius 3 is 1.50 bits per heavy atom. The zero-order valence-corrected chi connectivity index (χ0v) is 30.8. The van der Waals surface area contributed by atoms with E-state index in [-0.39, 0.29) is 38.4 Å². The summed E-state index contributed by atoms with van der Waals surface area (Å²) in [6, 6.07) is 1.10. The van der Waals surface area contributed by atoms with E-state index in [4.69, 9.17) is 40.8 Å². The third-order valence-corrected chi connectivity index (χ3v) is 11.9. The normalized spacial score (nSPS) is 11.5. The molecular formula is C29H52N2O15Si2. The van der Waals surface area contributed by atoms with Gasteiger partial charge >= 0.3 is 41.7 Å². The molecule has 0 aromatic rings. The topological polar surface area (TPSA) is 202 Å². The van der Waals surface area contributed by atoms with Crippen molar-refractivity contribution in [1.82, 2.24) is 10.6 Å². The second kappa shape index (κ2) is 28.6. The van der Waals surface area contributed by atoms with E-state index in [2.05, 4.69) is 35.1 Å². The van der Waals surface area contributed by atoms with Gasteiger partial charge < -0.3 is 56.1 Å². The standard InChI is InChI=1S/C17H29NO8Si.C12H23NO7Si/c1-6-14(19)9-10-15(13-25-16(20)7-2)26-17(21)18-11-8-12-27(22-3,23-4)24-5;1-5-11(14)19-8-9-20-12(15)13-7-6-10-21(16-2,17-3)18-4/h6-7,15H,1-2,8-13H2,3-5H3,(H,18,21);5H,1,6-10H2,2-4H3,(H,13,15). The quantitative estimate of drug-likeness (QED) is 0.0432. The van der Waals surface area contributed by atoms with Gasteiger partial charge in [0.25, 0.3) is 0 Å². The first-order valence-electron chi connectivity index (χ1n) is 14.8. The molecule has 1 atom stereocenters. The van der Waals surface area contributed by atoms with Gasteiger partial charge in [-0.3, -0.25) is 4.79 Å². The Hall–Kier alpha value is -3.44. The van der Waals surface area contributed by atoms with Gasteiger partial charge in [0.2, 0.25) is 0 Å². The van der Waals surface area contributed by atoms with Gasteiger partial charge in [-0.2, -0.15) is 0 Å². The highest BCUT2D eigenvalue weighted by atomic mass is 28.4. The lowest BCUT2D eigenvalue weighted by atomic mass is 10.1. The number of ketones is 1. The molecule has 0 aliphatic heterocycles. The molecule has 0 aromatic carbocycles.